The van der Waals surface area contributed by atoms with Crippen molar-refractivity contribution in [2.24, 2.45) is 17.8 Å². The van der Waals surface area contributed by atoms with Crippen LogP contribution in [0.15, 0.2) is 42.2 Å². The number of carboxylic acids is 1. The molecule has 5 N–H and O–H groups in total. The highest BCUT2D eigenvalue weighted by atomic mass is 16.8. The predicted molar refractivity (Wildman–Crippen MR) is 123 cm³/mol. The van der Waals surface area contributed by atoms with E-state index in [1.807, 2.05) is 0 Å². The first-order valence-electron chi connectivity index (χ1n) is 12.0. The lowest BCUT2D eigenvalue weighted by molar-refractivity contribution is -0.343. The molecule has 38 heavy (non-hydrogen) atoms. The molecule has 0 amide bonds. The number of ether oxygens (including phenoxy) is 5. The van der Waals surface area contributed by atoms with Gasteiger partial charge in [-0.3, -0.25) is 4.79 Å². The number of hydrogen-bond acceptors (Lipinski definition) is 12. The lowest BCUT2D eigenvalue weighted by Gasteiger charge is -2.43. The maximum atomic E-state index is 12.9. The first-order valence-corrected chi connectivity index (χ1v) is 12.0. The third-order valence-electron chi connectivity index (χ3n) is 7.14. The van der Waals surface area contributed by atoms with Crippen LogP contribution < -0.4 is 0 Å². The summed E-state index contributed by atoms with van der Waals surface area (Å²) in [6.45, 7) is 2.12. The molecule has 1 saturated heterocycles. The molecule has 1 saturated carbocycles. The van der Waals surface area contributed by atoms with Crippen molar-refractivity contribution in [2.45, 2.75) is 63.1 Å². The summed E-state index contributed by atoms with van der Waals surface area (Å²) in [6, 6.07) is 7.99. The lowest BCUT2D eigenvalue weighted by Crippen LogP contribution is -2.60. The Morgan fingerprint density at radius 3 is 2.24 bits per heavy atom. The minimum atomic E-state index is -1.74. The summed E-state index contributed by atoms with van der Waals surface area (Å²) in [5.41, 5.74) is -0.0526. The largest absolute Gasteiger partial charge is 0.478 e. The molecule has 4 rings (SSSR count). The fraction of sp³-hybridized carbons (Fsp3) is 0.560. The van der Waals surface area contributed by atoms with Crippen LogP contribution in [0.2, 0.25) is 0 Å². The molecule has 11 atom stereocenters. The van der Waals surface area contributed by atoms with Gasteiger partial charge in [0.25, 0.3) is 0 Å². The molecule has 2 heterocycles. The Balaban J connectivity index is 1.67. The fourth-order valence-electron chi connectivity index (χ4n) is 5.28. The van der Waals surface area contributed by atoms with Gasteiger partial charge in [-0.1, -0.05) is 25.1 Å². The van der Waals surface area contributed by atoms with Crippen molar-refractivity contribution in [3.05, 3.63) is 47.7 Å². The summed E-state index contributed by atoms with van der Waals surface area (Å²) in [4.78, 5) is 37.1. The number of hydrogen-bond donors (Lipinski definition) is 5. The average Bonchev–Trinajstić information content (AvgIpc) is 3.15. The second-order valence-corrected chi connectivity index (χ2v) is 9.49. The number of carbonyl (C=O) groups excluding carboxylic acids is 2. The van der Waals surface area contributed by atoms with Crippen LogP contribution in [0, 0.1) is 17.8 Å². The van der Waals surface area contributed by atoms with Gasteiger partial charge in [0.2, 0.25) is 6.29 Å². The molecule has 2 fully saturated rings. The van der Waals surface area contributed by atoms with E-state index in [0.717, 1.165) is 13.2 Å². The molecule has 3 aliphatic rings. The molecule has 1 aliphatic carbocycles. The molecule has 0 spiro atoms. The third-order valence-corrected chi connectivity index (χ3v) is 7.14. The highest BCUT2D eigenvalue weighted by Gasteiger charge is 2.61. The quantitative estimate of drug-likeness (QED) is 0.270. The predicted octanol–water partition coefficient (Wildman–Crippen LogP) is -0.833. The topological polar surface area (TPSA) is 199 Å². The summed E-state index contributed by atoms with van der Waals surface area (Å²) < 4.78 is 28.0. The number of aliphatic carboxylic acids is 1. The van der Waals surface area contributed by atoms with Crippen LogP contribution in [0.25, 0.3) is 0 Å². The number of aliphatic hydroxyl groups is 4. The number of carboxylic acid groups (broad SMARTS) is 1. The van der Waals surface area contributed by atoms with Gasteiger partial charge in [0.15, 0.2) is 6.29 Å². The van der Waals surface area contributed by atoms with E-state index < -0.39 is 91.5 Å². The van der Waals surface area contributed by atoms with Gasteiger partial charge in [0.05, 0.1) is 24.0 Å². The second-order valence-electron chi connectivity index (χ2n) is 9.49. The minimum absolute atomic E-state index is 0.201. The van der Waals surface area contributed by atoms with Crippen LogP contribution in [0.3, 0.4) is 0 Å². The van der Waals surface area contributed by atoms with E-state index in [-0.39, 0.29) is 11.1 Å². The standard InChI is InChI=1S/C25H30O13/c1-10-15-16(21(20(10)35-11(2)27)37-23(33)12-6-4-3-5-7-12)13(22(31)32)9-34-24(15)38-25-19(30)18(29)17(28)14(8-26)36-25/h3-7,9-10,14-21,24-26,28-30H,8H2,1-2H3,(H,31,32)/t10-,14-,15+,16-,17+,18+,19+,20+,21-,24+,25+/m0/s1. The number of esters is 2. The summed E-state index contributed by atoms with van der Waals surface area (Å²) in [7, 11) is 0. The molecule has 2 aliphatic heterocycles. The van der Waals surface area contributed by atoms with Crippen LogP contribution in [0.1, 0.15) is 24.2 Å². The molecule has 13 nitrogen and oxygen atoms in total. The van der Waals surface area contributed by atoms with Gasteiger partial charge >= 0.3 is 17.9 Å². The second kappa shape index (κ2) is 11.4. The summed E-state index contributed by atoms with van der Waals surface area (Å²) in [6.07, 6.45) is -10.6. The number of aliphatic hydroxyl groups excluding tert-OH is 4. The van der Waals surface area contributed by atoms with E-state index in [1.165, 1.54) is 12.1 Å². The molecule has 13 heteroatoms. The molecule has 0 bridgehead atoms. The van der Waals surface area contributed by atoms with Gasteiger partial charge in [-0.15, -0.1) is 0 Å². The number of carbonyl (C=O) groups is 3. The van der Waals surface area contributed by atoms with Crippen molar-refractivity contribution in [1.82, 2.24) is 0 Å². The maximum Gasteiger partial charge on any atom is 0.338 e. The Labute approximate surface area is 217 Å². The third kappa shape index (κ3) is 5.25. The fourth-order valence-corrected chi connectivity index (χ4v) is 5.28. The Bertz CT molecular complexity index is 1060. The highest BCUT2D eigenvalue weighted by Crippen LogP contribution is 2.50. The summed E-state index contributed by atoms with van der Waals surface area (Å²) >= 11 is 0. The Kier molecular flexibility index (Phi) is 8.35. The molecule has 0 radical (unpaired) electrons. The summed E-state index contributed by atoms with van der Waals surface area (Å²) in [5.74, 6) is -5.45. The van der Waals surface area contributed by atoms with E-state index in [0.29, 0.717) is 0 Å². The van der Waals surface area contributed by atoms with Crippen LogP contribution in [0.4, 0.5) is 0 Å². The highest BCUT2D eigenvalue weighted by molar-refractivity contribution is 5.90. The first-order chi connectivity index (χ1) is 18.0. The zero-order valence-corrected chi connectivity index (χ0v) is 20.5. The van der Waals surface area contributed by atoms with Gasteiger partial charge in [-0.2, -0.15) is 0 Å². The Morgan fingerprint density at radius 2 is 1.63 bits per heavy atom. The van der Waals surface area contributed by atoms with E-state index in [9.17, 15) is 39.9 Å². The van der Waals surface area contributed by atoms with Crippen LogP contribution in [-0.2, 0) is 33.3 Å². The minimum Gasteiger partial charge on any atom is -0.478 e. The van der Waals surface area contributed by atoms with Gasteiger partial charge in [-0.25, -0.2) is 9.59 Å². The molecule has 208 valence electrons. The number of fused-ring (bicyclic) bond motifs is 1. The monoisotopic (exact) mass is 538 g/mol. The molecular weight excluding hydrogens is 508 g/mol. The smallest absolute Gasteiger partial charge is 0.338 e. The summed E-state index contributed by atoms with van der Waals surface area (Å²) in [5, 5.41) is 50.0. The van der Waals surface area contributed by atoms with E-state index in [4.69, 9.17) is 23.7 Å². The molecule has 0 unspecified atom stereocenters. The molecule has 1 aromatic carbocycles. The first kappa shape index (κ1) is 28.0. The van der Waals surface area contributed by atoms with Crippen molar-refractivity contribution in [2.75, 3.05) is 6.61 Å². The van der Waals surface area contributed by atoms with E-state index >= 15 is 0 Å². The lowest BCUT2D eigenvalue weighted by atomic mass is 9.82. The van der Waals surface area contributed by atoms with Gasteiger partial charge < -0.3 is 49.2 Å². The van der Waals surface area contributed by atoms with Crippen LogP contribution >= 0.6 is 0 Å². The van der Waals surface area contributed by atoms with Crippen LogP contribution in [-0.4, -0.2) is 99.3 Å². The zero-order chi connectivity index (χ0) is 27.7. The van der Waals surface area contributed by atoms with Gasteiger partial charge in [0.1, 0.15) is 36.6 Å². The average molecular weight is 539 g/mol. The molecule has 0 aromatic heterocycles. The maximum absolute atomic E-state index is 12.9. The van der Waals surface area contributed by atoms with Gasteiger partial charge in [0, 0.05) is 24.7 Å². The number of benzene rings is 1. The normalized spacial score (nSPS) is 38.4. The van der Waals surface area contributed by atoms with Crippen LogP contribution in [0.5, 0.6) is 0 Å². The van der Waals surface area contributed by atoms with Crippen molar-refractivity contribution < 1.29 is 63.6 Å². The Hall–Kier alpha value is -3.07. The van der Waals surface area contributed by atoms with Crippen molar-refractivity contribution >= 4 is 17.9 Å². The number of rotatable bonds is 7. The van der Waals surface area contributed by atoms with Crippen molar-refractivity contribution in [3.63, 3.8) is 0 Å². The van der Waals surface area contributed by atoms with E-state index in [1.54, 1.807) is 25.1 Å². The van der Waals surface area contributed by atoms with Crippen molar-refractivity contribution in [1.29, 1.82) is 0 Å². The zero-order valence-electron chi connectivity index (χ0n) is 20.5. The molecular formula is C25H30O13. The van der Waals surface area contributed by atoms with Crippen molar-refractivity contribution in [3.8, 4) is 0 Å². The SMILES string of the molecule is CC(=O)O[C@@H]1[C@@H](C)[C@H]2[C@@H](O[C@H]3O[C@@H](CO)[C@@H](O)[C@@H](O)[C@H]3O)OC=C(C(=O)O)[C@@H]2[C@@H]1OC(=O)c1ccccc1. The van der Waals surface area contributed by atoms with E-state index in [2.05, 4.69) is 0 Å². The van der Waals surface area contributed by atoms with Gasteiger partial charge in [-0.05, 0) is 12.1 Å². The Morgan fingerprint density at radius 1 is 0.947 bits per heavy atom. The molecule has 1 aromatic rings.